The Morgan fingerprint density at radius 3 is 3.06 bits per heavy atom. The van der Waals surface area contributed by atoms with E-state index >= 15 is 0 Å². The maximum atomic E-state index is 10.6. The van der Waals surface area contributed by atoms with Gasteiger partial charge in [0.05, 0.1) is 0 Å². The highest BCUT2D eigenvalue weighted by Crippen LogP contribution is 2.25. The molecule has 1 aliphatic carbocycles. The Hall–Kier alpha value is -1.52. The van der Waals surface area contributed by atoms with Crippen molar-refractivity contribution in [1.82, 2.24) is 4.98 Å². The van der Waals surface area contributed by atoms with E-state index in [0.717, 1.165) is 19.1 Å². The number of hydrogen-bond acceptors (Lipinski definition) is 4. The molecule has 1 aliphatic rings. The number of aromatic nitrogens is 1. The molecule has 0 saturated heterocycles. The number of anilines is 1. The van der Waals surface area contributed by atoms with Crippen molar-refractivity contribution in [1.29, 1.82) is 0 Å². The number of hydrogen-bond donors (Lipinski definition) is 2. The molecule has 2 atom stereocenters. The molecule has 1 saturated carbocycles. The van der Waals surface area contributed by atoms with Gasteiger partial charge in [0.1, 0.15) is 6.26 Å². The summed E-state index contributed by atoms with van der Waals surface area (Å²) in [6.45, 7) is 2.23. The molecule has 1 aromatic heterocycles. The highest BCUT2D eigenvalue weighted by Gasteiger charge is 2.20. The van der Waals surface area contributed by atoms with E-state index in [2.05, 4.69) is 17.2 Å². The highest BCUT2D eigenvalue weighted by atomic mass is 16.4. The molecule has 1 fully saturated rings. The third-order valence-electron chi connectivity index (χ3n) is 2.99. The van der Waals surface area contributed by atoms with Crippen LogP contribution >= 0.6 is 0 Å². The summed E-state index contributed by atoms with van der Waals surface area (Å²) in [5, 5.41) is 11.8. The van der Waals surface area contributed by atoms with E-state index < -0.39 is 5.97 Å². The van der Waals surface area contributed by atoms with Gasteiger partial charge in [0.15, 0.2) is 5.69 Å². The van der Waals surface area contributed by atoms with Crippen molar-refractivity contribution in [2.45, 2.75) is 38.6 Å². The average Bonchev–Trinajstić information content (AvgIpc) is 2.66. The largest absolute Gasteiger partial charge is 0.476 e. The molecular formula is C11H16N2O3. The molecule has 0 bridgehead atoms. The Kier molecular flexibility index (Phi) is 3.12. The van der Waals surface area contributed by atoms with Gasteiger partial charge in [-0.05, 0) is 18.8 Å². The predicted molar refractivity (Wildman–Crippen MR) is 58.5 cm³/mol. The second-order valence-electron chi connectivity index (χ2n) is 4.46. The van der Waals surface area contributed by atoms with Crippen LogP contribution in [0.4, 0.5) is 6.01 Å². The smallest absolute Gasteiger partial charge is 0.357 e. The van der Waals surface area contributed by atoms with E-state index in [0.29, 0.717) is 18.0 Å². The van der Waals surface area contributed by atoms with Crippen molar-refractivity contribution >= 4 is 12.0 Å². The number of nitrogens with one attached hydrogen (secondary N) is 1. The van der Waals surface area contributed by atoms with E-state index in [1.165, 1.54) is 12.8 Å². The summed E-state index contributed by atoms with van der Waals surface area (Å²) in [5.41, 5.74) is -0.0497. The molecule has 5 nitrogen and oxygen atoms in total. The maximum Gasteiger partial charge on any atom is 0.357 e. The summed E-state index contributed by atoms with van der Waals surface area (Å²) in [6, 6.07) is 0.667. The van der Waals surface area contributed by atoms with Crippen LogP contribution in [0.25, 0.3) is 0 Å². The topological polar surface area (TPSA) is 75.4 Å². The second-order valence-corrected chi connectivity index (χ2v) is 4.46. The molecule has 88 valence electrons. The van der Waals surface area contributed by atoms with E-state index in [1.54, 1.807) is 0 Å². The van der Waals surface area contributed by atoms with Crippen LogP contribution in [0.5, 0.6) is 0 Å². The van der Waals surface area contributed by atoms with Crippen LogP contribution in [0, 0.1) is 5.92 Å². The zero-order valence-electron chi connectivity index (χ0n) is 9.27. The quantitative estimate of drug-likeness (QED) is 0.824. The maximum absolute atomic E-state index is 10.6. The first-order valence-electron chi connectivity index (χ1n) is 5.60. The van der Waals surface area contributed by atoms with Gasteiger partial charge in [0.2, 0.25) is 0 Å². The Bertz CT molecular complexity index is 375. The standard InChI is InChI=1S/C11H16N2O3/c1-7-3-2-4-8(5-7)12-11-13-9(6-16-11)10(14)15/h6-8H,2-5H2,1H3,(H,12,13)(H,14,15). The van der Waals surface area contributed by atoms with Crippen molar-refractivity contribution < 1.29 is 14.3 Å². The van der Waals surface area contributed by atoms with Gasteiger partial charge < -0.3 is 14.8 Å². The van der Waals surface area contributed by atoms with E-state index in [-0.39, 0.29) is 5.69 Å². The van der Waals surface area contributed by atoms with Crippen LogP contribution in [0.2, 0.25) is 0 Å². The van der Waals surface area contributed by atoms with E-state index in [4.69, 9.17) is 9.52 Å². The fourth-order valence-corrected chi connectivity index (χ4v) is 2.18. The Labute approximate surface area is 93.9 Å². The number of rotatable bonds is 3. The lowest BCUT2D eigenvalue weighted by molar-refractivity contribution is 0.0690. The van der Waals surface area contributed by atoms with Gasteiger partial charge in [-0.1, -0.05) is 19.8 Å². The summed E-state index contributed by atoms with van der Waals surface area (Å²) in [7, 11) is 0. The summed E-state index contributed by atoms with van der Waals surface area (Å²) in [6.07, 6.45) is 5.81. The zero-order chi connectivity index (χ0) is 11.5. The molecule has 0 amide bonds. The lowest BCUT2D eigenvalue weighted by Gasteiger charge is -2.26. The SMILES string of the molecule is CC1CCCC(Nc2nc(C(=O)O)co2)C1. The van der Waals surface area contributed by atoms with Gasteiger partial charge in [0, 0.05) is 6.04 Å². The van der Waals surface area contributed by atoms with Crippen LogP contribution in [0.15, 0.2) is 10.7 Å². The van der Waals surface area contributed by atoms with E-state index in [9.17, 15) is 4.79 Å². The molecule has 0 aliphatic heterocycles. The molecule has 5 heteroatoms. The number of oxazole rings is 1. The van der Waals surface area contributed by atoms with Crippen molar-refractivity contribution in [3.63, 3.8) is 0 Å². The summed E-state index contributed by atoms with van der Waals surface area (Å²) in [4.78, 5) is 14.5. The van der Waals surface area contributed by atoms with Crippen LogP contribution in [0.3, 0.4) is 0 Å². The van der Waals surface area contributed by atoms with Crippen LogP contribution in [0.1, 0.15) is 43.1 Å². The molecule has 2 unspecified atom stereocenters. The number of aromatic carboxylic acids is 1. The fraction of sp³-hybridized carbons (Fsp3) is 0.636. The van der Waals surface area contributed by atoms with Gasteiger partial charge in [-0.3, -0.25) is 0 Å². The minimum absolute atomic E-state index is 0.0497. The molecule has 0 spiro atoms. The minimum atomic E-state index is -1.06. The van der Waals surface area contributed by atoms with Crippen LogP contribution < -0.4 is 5.32 Å². The van der Waals surface area contributed by atoms with Gasteiger partial charge in [-0.15, -0.1) is 0 Å². The summed E-state index contributed by atoms with van der Waals surface area (Å²) < 4.78 is 5.06. The lowest BCUT2D eigenvalue weighted by Crippen LogP contribution is -2.26. The average molecular weight is 224 g/mol. The number of carboxylic acid groups (broad SMARTS) is 1. The second kappa shape index (κ2) is 4.55. The molecule has 16 heavy (non-hydrogen) atoms. The Balaban J connectivity index is 1.95. The van der Waals surface area contributed by atoms with Crippen molar-refractivity contribution in [3.8, 4) is 0 Å². The Morgan fingerprint density at radius 1 is 1.62 bits per heavy atom. The minimum Gasteiger partial charge on any atom is -0.476 e. The number of carboxylic acids is 1. The first-order chi connectivity index (χ1) is 7.65. The third kappa shape index (κ3) is 2.53. The van der Waals surface area contributed by atoms with Crippen molar-refractivity contribution in [2.24, 2.45) is 5.92 Å². The molecule has 1 heterocycles. The van der Waals surface area contributed by atoms with Gasteiger partial charge >= 0.3 is 5.97 Å². The molecule has 0 aromatic carbocycles. The van der Waals surface area contributed by atoms with E-state index in [1.807, 2.05) is 0 Å². The number of carbonyl (C=O) groups is 1. The first kappa shape index (κ1) is 11.0. The lowest BCUT2D eigenvalue weighted by atomic mass is 9.87. The molecule has 2 N–H and O–H groups in total. The molecule has 0 radical (unpaired) electrons. The Morgan fingerprint density at radius 2 is 2.44 bits per heavy atom. The van der Waals surface area contributed by atoms with Gasteiger partial charge in [-0.2, -0.15) is 4.98 Å². The van der Waals surface area contributed by atoms with Crippen LogP contribution in [-0.2, 0) is 0 Å². The van der Waals surface area contributed by atoms with Crippen LogP contribution in [-0.4, -0.2) is 22.1 Å². The van der Waals surface area contributed by atoms with Crippen molar-refractivity contribution in [3.05, 3.63) is 12.0 Å². The normalized spacial score (nSPS) is 25.3. The van der Waals surface area contributed by atoms with Gasteiger partial charge in [0.25, 0.3) is 6.01 Å². The summed E-state index contributed by atoms with van der Waals surface area (Å²) >= 11 is 0. The number of nitrogens with zero attached hydrogens (tertiary/aromatic N) is 1. The predicted octanol–water partition coefficient (Wildman–Crippen LogP) is 2.36. The zero-order valence-corrected chi connectivity index (χ0v) is 9.27. The molecule has 1 aromatic rings. The first-order valence-corrected chi connectivity index (χ1v) is 5.60. The van der Waals surface area contributed by atoms with Gasteiger partial charge in [-0.25, -0.2) is 4.79 Å². The fourth-order valence-electron chi connectivity index (χ4n) is 2.18. The third-order valence-corrected chi connectivity index (χ3v) is 2.99. The summed E-state index contributed by atoms with van der Waals surface area (Å²) in [5.74, 6) is -0.353. The molecule has 2 rings (SSSR count). The monoisotopic (exact) mass is 224 g/mol. The van der Waals surface area contributed by atoms with Crippen molar-refractivity contribution in [2.75, 3.05) is 5.32 Å². The molecular weight excluding hydrogens is 208 g/mol. The highest BCUT2D eigenvalue weighted by molar-refractivity contribution is 5.85.